The zero-order valence-corrected chi connectivity index (χ0v) is 23.1. The van der Waals surface area contributed by atoms with E-state index in [1.165, 1.54) is 0 Å². The highest BCUT2D eigenvalue weighted by Crippen LogP contribution is 2.35. The summed E-state index contributed by atoms with van der Waals surface area (Å²) in [5, 5.41) is 0. The summed E-state index contributed by atoms with van der Waals surface area (Å²) in [5.41, 5.74) is 7.36. The third kappa shape index (κ3) is 6.05. The Morgan fingerprint density at radius 1 is 1.03 bits per heavy atom. The second-order valence-electron chi connectivity index (χ2n) is 9.72. The molecular weight excluding hydrogens is 482 g/mol. The molecule has 2 aliphatic rings. The van der Waals surface area contributed by atoms with Crippen LogP contribution in [0, 0.1) is 0 Å². The topological polar surface area (TPSA) is 77.6 Å². The molecule has 0 saturated carbocycles. The number of carbonyl (C=O) groups excluding carboxylic acids is 2. The van der Waals surface area contributed by atoms with Crippen LogP contribution in [0.15, 0.2) is 42.5 Å². The number of benzene rings is 2. The predicted octanol–water partition coefficient (Wildman–Crippen LogP) is 4.59. The highest BCUT2D eigenvalue weighted by atomic mass is 16.6. The van der Waals surface area contributed by atoms with Crippen molar-refractivity contribution >= 4 is 29.1 Å². The number of hydrogen-bond donors (Lipinski definition) is 1. The standard InChI is InChI=1S/C29H41N5O4/c1-5-31(6-2)18-19-32(7-3)28(35)22-12-13-27(25(20-22)30-37-4)33-16-14-24(15-17-33)34-26-11-9-8-10-23(26)21-38-29(34)36/h8-13,20,24,30H,5-7,14-19,21H2,1-4H3. The van der Waals surface area contributed by atoms with Gasteiger partial charge in [0.25, 0.3) is 5.91 Å². The second kappa shape index (κ2) is 13.0. The van der Waals surface area contributed by atoms with Gasteiger partial charge in [-0.3, -0.25) is 20.0 Å². The molecule has 2 amide bonds. The molecule has 9 heteroatoms. The van der Waals surface area contributed by atoms with Crippen molar-refractivity contribution in [1.82, 2.24) is 9.80 Å². The van der Waals surface area contributed by atoms with E-state index in [-0.39, 0.29) is 18.0 Å². The molecule has 4 rings (SSSR count). The summed E-state index contributed by atoms with van der Waals surface area (Å²) >= 11 is 0. The molecule has 0 aliphatic carbocycles. The molecule has 0 spiro atoms. The van der Waals surface area contributed by atoms with Gasteiger partial charge in [0, 0.05) is 49.9 Å². The molecule has 1 N–H and O–H groups in total. The van der Waals surface area contributed by atoms with Crippen LogP contribution in [0.3, 0.4) is 0 Å². The van der Waals surface area contributed by atoms with Gasteiger partial charge in [0.1, 0.15) is 6.61 Å². The number of likely N-dealkylation sites (N-methyl/N-ethyl adjacent to an activating group) is 2. The fourth-order valence-corrected chi connectivity index (χ4v) is 5.41. The summed E-state index contributed by atoms with van der Waals surface area (Å²) in [6, 6.07) is 13.8. The molecular formula is C29H41N5O4. The van der Waals surface area contributed by atoms with E-state index in [1.54, 1.807) is 7.11 Å². The molecule has 38 heavy (non-hydrogen) atoms. The predicted molar refractivity (Wildman–Crippen MR) is 151 cm³/mol. The van der Waals surface area contributed by atoms with Gasteiger partial charge < -0.3 is 19.4 Å². The minimum absolute atomic E-state index is 0.0198. The number of anilines is 3. The molecule has 0 bridgehead atoms. The number of para-hydroxylation sites is 1. The number of fused-ring (bicyclic) bond motifs is 1. The third-order valence-electron chi connectivity index (χ3n) is 7.67. The Bertz CT molecular complexity index is 1100. The van der Waals surface area contributed by atoms with Crippen LogP contribution in [0.1, 0.15) is 49.5 Å². The molecule has 0 radical (unpaired) electrons. The lowest BCUT2D eigenvalue weighted by molar-refractivity contribution is 0.0746. The molecule has 0 atom stereocenters. The van der Waals surface area contributed by atoms with E-state index < -0.39 is 0 Å². The molecule has 9 nitrogen and oxygen atoms in total. The van der Waals surface area contributed by atoms with Crippen LogP contribution >= 0.6 is 0 Å². The quantitative estimate of drug-likeness (QED) is 0.432. The first-order chi connectivity index (χ1) is 18.5. The first-order valence-corrected chi connectivity index (χ1v) is 13.7. The fourth-order valence-electron chi connectivity index (χ4n) is 5.41. The Morgan fingerprint density at radius 2 is 1.76 bits per heavy atom. The zero-order chi connectivity index (χ0) is 27.1. The lowest BCUT2D eigenvalue weighted by atomic mass is 9.99. The zero-order valence-electron chi connectivity index (χ0n) is 23.1. The Kier molecular flexibility index (Phi) is 9.47. The van der Waals surface area contributed by atoms with E-state index in [2.05, 4.69) is 29.1 Å². The second-order valence-corrected chi connectivity index (χ2v) is 9.72. The maximum Gasteiger partial charge on any atom is 0.414 e. The molecule has 2 aliphatic heterocycles. The van der Waals surface area contributed by atoms with E-state index in [9.17, 15) is 9.59 Å². The Hall–Kier alpha value is -3.30. The van der Waals surface area contributed by atoms with Gasteiger partial charge in [0.05, 0.1) is 24.2 Å². The van der Waals surface area contributed by atoms with Crippen molar-refractivity contribution < 1.29 is 19.2 Å². The van der Waals surface area contributed by atoms with Crippen LogP contribution in [0.5, 0.6) is 0 Å². The van der Waals surface area contributed by atoms with Crippen LogP contribution in [0.25, 0.3) is 0 Å². The molecule has 2 aromatic rings. The van der Waals surface area contributed by atoms with Crippen LogP contribution < -0.4 is 15.3 Å². The average molecular weight is 524 g/mol. The number of amides is 2. The van der Waals surface area contributed by atoms with Gasteiger partial charge in [-0.15, -0.1) is 0 Å². The van der Waals surface area contributed by atoms with Crippen molar-refractivity contribution in [3.05, 3.63) is 53.6 Å². The monoisotopic (exact) mass is 523 g/mol. The molecule has 206 valence electrons. The summed E-state index contributed by atoms with van der Waals surface area (Å²) in [7, 11) is 1.58. The summed E-state index contributed by atoms with van der Waals surface area (Å²) in [6.07, 6.45) is 1.35. The van der Waals surface area contributed by atoms with Gasteiger partial charge in [-0.1, -0.05) is 32.0 Å². The molecule has 1 fully saturated rings. The number of cyclic esters (lactones) is 1. The van der Waals surface area contributed by atoms with Crippen molar-refractivity contribution in [2.45, 2.75) is 46.3 Å². The smallest absolute Gasteiger partial charge is 0.414 e. The third-order valence-corrected chi connectivity index (χ3v) is 7.67. The van der Waals surface area contributed by atoms with Gasteiger partial charge in [-0.25, -0.2) is 4.79 Å². The van der Waals surface area contributed by atoms with Crippen LogP contribution in [0.4, 0.5) is 21.9 Å². The number of ether oxygens (including phenoxy) is 1. The van der Waals surface area contributed by atoms with E-state index in [0.717, 1.165) is 68.2 Å². The highest BCUT2D eigenvalue weighted by Gasteiger charge is 2.34. The number of piperidine rings is 1. The molecule has 2 aromatic carbocycles. The summed E-state index contributed by atoms with van der Waals surface area (Å²) < 4.78 is 5.45. The lowest BCUT2D eigenvalue weighted by Gasteiger charge is -2.41. The SMILES string of the molecule is CCN(CC)CCN(CC)C(=O)c1ccc(N2CCC(N3C(=O)OCc4ccccc43)CC2)c(NOC)c1. The van der Waals surface area contributed by atoms with Crippen molar-refractivity contribution in [2.24, 2.45) is 0 Å². The maximum absolute atomic E-state index is 13.3. The molecule has 0 aromatic heterocycles. The van der Waals surface area contributed by atoms with Crippen LogP contribution in [-0.2, 0) is 16.2 Å². The van der Waals surface area contributed by atoms with E-state index in [0.29, 0.717) is 25.3 Å². The van der Waals surface area contributed by atoms with Crippen LogP contribution in [-0.4, -0.2) is 80.8 Å². The number of hydrogen-bond acceptors (Lipinski definition) is 7. The van der Waals surface area contributed by atoms with E-state index >= 15 is 0 Å². The molecule has 0 unspecified atom stereocenters. The first-order valence-electron chi connectivity index (χ1n) is 13.7. The molecule has 2 heterocycles. The minimum Gasteiger partial charge on any atom is -0.444 e. The first kappa shape index (κ1) is 27.7. The number of nitrogens with one attached hydrogen (secondary N) is 1. The van der Waals surface area contributed by atoms with E-state index in [4.69, 9.17) is 9.57 Å². The Balaban J connectivity index is 1.46. The Morgan fingerprint density at radius 3 is 2.45 bits per heavy atom. The van der Waals surface area contributed by atoms with Crippen LogP contribution in [0.2, 0.25) is 0 Å². The van der Waals surface area contributed by atoms with Crippen molar-refractivity contribution in [3.8, 4) is 0 Å². The normalized spacial score (nSPS) is 15.9. The van der Waals surface area contributed by atoms with Crippen molar-refractivity contribution in [2.75, 3.05) is 68.2 Å². The minimum atomic E-state index is -0.270. The van der Waals surface area contributed by atoms with Gasteiger partial charge >= 0.3 is 6.09 Å². The summed E-state index contributed by atoms with van der Waals surface area (Å²) in [4.78, 5) is 39.6. The average Bonchev–Trinajstić information content (AvgIpc) is 2.95. The van der Waals surface area contributed by atoms with E-state index in [1.807, 2.05) is 59.2 Å². The summed E-state index contributed by atoms with van der Waals surface area (Å²) in [5.74, 6) is 0.0198. The largest absolute Gasteiger partial charge is 0.444 e. The number of nitrogens with zero attached hydrogens (tertiary/aromatic N) is 4. The number of carbonyl (C=O) groups is 2. The highest BCUT2D eigenvalue weighted by molar-refractivity contribution is 5.96. The van der Waals surface area contributed by atoms with Gasteiger partial charge in [0.2, 0.25) is 0 Å². The Labute approximate surface area is 226 Å². The van der Waals surface area contributed by atoms with Gasteiger partial charge in [0.15, 0.2) is 0 Å². The summed E-state index contributed by atoms with van der Waals surface area (Å²) in [6.45, 7) is 12.3. The fraction of sp³-hybridized carbons (Fsp3) is 0.517. The molecule has 1 saturated heterocycles. The lowest BCUT2D eigenvalue weighted by Crippen LogP contribution is -2.49. The van der Waals surface area contributed by atoms with Gasteiger partial charge in [-0.2, -0.15) is 0 Å². The maximum atomic E-state index is 13.3. The van der Waals surface area contributed by atoms with Crippen molar-refractivity contribution in [1.29, 1.82) is 0 Å². The number of rotatable bonds is 11. The van der Waals surface area contributed by atoms with Gasteiger partial charge in [-0.05, 0) is 57.1 Å². The van der Waals surface area contributed by atoms with Crippen molar-refractivity contribution in [3.63, 3.8) is 0 Å².